The molecule has 2 unspecified atom stereocenters. The van der Waals surface area contributed by atoms with E-state index in [2.05, 4.69) is 20.8 Å². The average Bonchev–Trinajstić information content (AvgIpc) is 2.69. The largest absolute Gasteiger partial charge is 0.388 e. The van der Waals surface area contributed by atoms with Gasteiger partial charge in [-0.15, -0.1) is 0 Å². The molecule has 1 saturated heterocycles. The molecule has 0 radical (unpaired) electrons. The second-order valence-electron chi connectivity index (χ2n) is 7.24. The second-order valence-corrected chi connectivity index (χ2v) is 8.16. The molecule has 0 aliphatic carbocycles. The van der Waals surface area contributed by atoms with Crippen LogP contribution in [0.4, 0.5) is 0 Å². The second kappa shape index (κ2) is 9.65. The van der Waals surface area contributed by atoms with Crippen LogP contribution in [0.25, 0.3) is 0 Å². The van der Waals surface area contributed by atoms with Crippen molar-refractivity contribution in [2.75, 3.05) is 19.6 Å². The van der Waals surface area contributed by atoms with Crippen molar-refractivity contribution >= 4 is 15.9 Å². The minimum Gasteiger partial charge on any atom is -0.388 e. The lowest BCUT2D eigenvalue weighted by molar-refractivity contribution is 0.0569. The molecule has 26 heavy (non-hydrogen) atoms. The zero-order chi connectivity index (χ0) is 18.4. The number of hydrogen-bond donors (Lipinski definition) is 2. The standard InChI is InChI=1S/C22H28BrNO2/c23-20-10-8-17(9-11-20)21(25)7-4-14-24-15-12-19(13-16-24)22(26)18-5-2-1-3-6-18/h1-3,5-6,8-11,19,21-22,25-26H,4,7,12-16H2. The molecule has 1 aliphatic heterocycles. The Hall–Kier alpha value is -1.20. The van der Waals surface area contributed by atoms with Gasteiger partial charge in [0.15, 0.2) is 0 Å². The Kier molecular flexibility index (Phi) is 7.26. The zero-order valence-corrected chi connectivity index (χ0v) is 16.7. The summed E-state index contributed by atoms with van der Waals surface area (Å²) in [4.78, 5) is 2.46. The minimum atomic E-state index is -0.388. The van der Waals surface area contributed by atoms with Crippen molar-refractivity contribution in [3.05, 3.63) is 70.2 Å². The molecule has 3 rings (SSSR count). The van der Waals surface area contributed by atoms with Crippen LogP contribution in [0.1, 0.15) is 49.0 Å². The van der Waals surface area contributed by atoms with E-state index in [1.54, 1.807) is 0 Å². The van der Waals surface area contributed by atoms with E-state index in [4.69, 9.17) is 0 Å². The molecule has 2 aromatic carbocycles. The van der Waals surface area contributed by atoms with Crippen LogP contribution in [0.5, 0.6) is 0 Å². The Balaban J connectivity index is 1.38. The summed E-state index contributed by atoms with van der Waals surface area (Å²) < 4.78 is 1.04. The van der Waals surface area contributed by atoms with Crippen LogP contribution < -0.4 is 0 Å². The summed E-state index contributed by atoms with van der Waals surface area (Å²) in [5, 5.41) is 20.9. The molecule has 2 N–H and O–H groups in total. The Morgan fingerprint density at radius 1 is 0.923 bits per heavy atom. The number of piperidine rings is 1. The van der Waals surface area contributed by atoms with E-state index in [0.29, 0.717) is 5.92 Å². The number of halogens is 1. The van der Waals surface area contributed by atoms with Crippen LogP contribution in [-0.2, 0) is 0 Å². The number of aliphatic hydroxyl groups is 2. The number of nitrogens with zero attached hydrogens (tertiary/aromatic N) is 1. The summed E-state index contributed by atoms with van der Waals surface area (Å²) in [6.07, 6.45) is 3.10. The van der Waals surface area contributed by atoms with Crippen LogP contribution in [0.3, 0.4) is 0 Å². The number of aliphatic hydroxyl groups excluding tert-OH is 2. The Morgan fingerprint density at radius 3 is 2.23 bits per heavy atom. The SMILES string of the molecule is OC(CCCN1CCC(C(O)c2ccccc2)CC1)c1ccc(Br)cc1. The molecule has 0 spiro atoms. The fourth-order valence-electron chi connectivity index (χ4n) is 3.77. The average molecular weight is 418 g/mol. The summed E-state index contributed by atoms with van der Waals surface area (Å²) in [6, 6.07) is 17.9. The smallest absolute Gasteiger partial charge is 0.0819 e. The first-order valence-corrected chi connectivity index (χ1v) is 10.3. The molecule has 140 valence electrons. The van der Waals surface area contributed by atoms with Crippen LogP contribution in [0, 0.1) is 5.92 Å². The van der Waals surface area contributed by atoms with Gasteiger partial charge in [0, 0.05) is 4.47 Å². The van der Waals surface area contributed by atoms with Crippen LogP contribution in [-0.4, -0.2) is 34.7 Å². The number of hydrogen-bond acceptors (Lipinski definition) is 3. The van der Waals surface area contributed by atoms with Gasteiger partial charge in [0.25, 0.3) is 0 Å². The Morgan fingerprint density at radius 2 is 1.58 bits per heavy atom. The van der Waals surface area contributed by atoms with E-state index < -0.39 is 0 Å². The molecule has 0 amide bonds. The first kappa shape index (κ1) is 19.6. The van der Waals surface area contributed by atoms with E-state index in [0.717, 1.165) is 60.9 Å². The fraction of sp³-hybridized carbons (Fsp3) is 0.455. The molecule has 0 aromatic heterocycles. The highest BCUT2D eigenvalue weighted by molar-refractivity contribution is 9.10. The highest BCUT2D eigenvalue weighted by Gasteiger charge is 2.26. The van der Waals surface area contributed by atoms with E-state index in [9.17, 15) is 10.2 Å². The van der Waals surface area contributed by atoms with Crippen molar-refractivity contribution in [1.82, 2.24) is 4.90 Å². The molecule has 1 fully saturated rings. The zero-order valence-electron chi connectivity index (χ0n) is 15.1. The van der Waals surface area contributed by atoms with Gasteiger partial charge in [-0.3, -0.25) is 0 Å². The normalized spacial score (nSPS) is 18.6. The van der Waals surface area contributed by atoms with Gasteiger partial charge in [-0.25, -0.2) is 0 Å². The van der Waals surface area contributed by atoms with Crippen LogP contribution >= 0.6 is 15.9 Å². The molecule has 0 bridgehead atoms. The maximum absolute atomic E-state index is 10.6. The summed E-state index contributed by atoms with van der Waals surface area (Å²) in [5.74, 6) is 0.349. The molecular formula is C22H28BrNO2. The topological polar surface area (TPSA) is 43.7 Å². The van der Waals surface area contributed by atoms with E-state index in [1.807, 2.05) is 54.6 Å². The van der Waals surface area contributed by atoms with E-state index in [-0.39, 0.29) is 12.2 Å². The minimum absolute atomic E-state index is 0.349. The van der Waals surface area contributed by atoms with Gasteiger partial charge in [-0.1, -0.05) is 58.4 Å². The van der Waals surface area contributed by atoms with Crippen molar-refractivity contribution in [2.45, 2.75) is 37.9 Å². The molecule has 1 heterocycles. The van der Waals surface area contributed by atoms with Crippen molar-refractivity contribution in [3.8, 4) is 0 Å². The first-order valence-electron chi connectivity index (χ1n) is 9.52. The molecule has 0 saturated carbocycles. The lowest BCUT2D eigenvalue weighted by atomic mass is 9.87. The quantitative estimate of drug-likeness (QED) is 0.685. The maximum Gasteiger partial charge on any atom is 0.0819 e. The predicted molar refractivity (Wildman–Crippen MR) is 109 cm³/mol. The first-order chi connectivity index (χ1) is 12.6. The molecule has 2 aromatic rings. The highest BCUT2D eigenvalue weighted by atomic mass is 79.9. The van der Waals surface area contributed by atoms with Crippen LogP contribution in [0.2, 0.25) is 0 Å². The molecule has 3 nitrogen and oxygen atoms in total. The number of rotatable bonds is 7. The molecular weight excluding hydrogens is 390 g/mol. The van der Waals surface area contributed by atoms with E-state index in [1.165, 1.54) is 0 Å². The molecule has 2 atom stereocenters. The Labute approximate surface area is 164 Å². The third-order valence-corrected chi connectivity index (χ3v) is 5.96. The number of likely N-dealkylation sites (tertiary alicyclic amines) is 1. The number of benzene rings is 2. The van der Waals surface area contributed by atoms with Crippen LogP contribution in [0.15, 0.2) is 59.1 Å². The van der Waals surface area contributed by atoms with Crippen molar-refractivity contribution in [1.29, 1.82) is 0 Å². The lowest BCUT2D eigenvalue weighted by Crippen LogP contribution is -2.36. The Bertz CT molecular complexity index is 654. The van der Waals surface area contributed by atoms with Gasteiger partial charge in [0.2, 0.25) is 0 Å². The lowest BCUT2D eigenvalue weighted by Gasteiger charge is -2.34. The van der Waals surface area contributed by atoms with Crippen molar-refractivity contribution < 1.29 is 10.2 Å². The van der Waals surface area contributed by atoms with Gasteiger partial charge < -0.3 is 15.1 Å². The third-order valence-electron chi connectivity index (χ3n) is 5.43. The molecule has 1 aliphatic rings. The summed E-state index contributed by atoms with van der Waals surface area (Å²) in [7, 11) is 0. The predicted octanol–water partition coefficient (Wildman–Crippen LogP) is 4.71. The maximum atomic E-state index is 10.6. The molecule has 4 heteroatoms. The fourth-order valence-corrected chi connectivity index (χ4v) is 4.04. The van der Waals surface area contributed by atoms with Gasteiger partial charge in [0.1, 0.15) is 0 Å². The van der Waals surface area contributed by atoms with E-state index >= 15 is 0 Å². The van der Waals surface area contributed by atoms with Gasteiger partial charge in [-0.2, -0.15) is 0 Å². The monoisotopic (exact) mass is 417 g/mol. The summed E-state index contributed by atoms with van der Waals surface area (Å²) in [6.45, 7) is 3.08. The van der Waals surface area contributed by atoms with Gasteiger partial charge in [-0.05, 0) is 74.5 Å². The highest BCUT2D eigenvalue weighted by Crippen LogP contribution is 2.30. The summed E-state index contributed by atoms with van der Waals surface area (Å²) >= 11 is 3.42. The summed E-state index contributed by atoms with van der Waals surface area (Å²) in [5.41, 5.74) is 2.02. The van der Waals surface area contributed by atoms with Gasteiger partial charge >= 0.3 is 0 Å². The van der Waals surface area contributed by atoms with Crippen molar-refractivity contribution in [3.63, 3.8) is 0 Å². The van der Waals surface area contributed by atoms with Crippen molar-refractivity contribution in [2.24, 2.45) is 5.92 Å². The third kappa shape index (κ3) is 5.40. The van der Waals surface area contributed by atoms with Gasteiger partial charge in [0.05, 0.1) is 12.2 Å².